The fraction of sp³-hybridized carbons (Fsp3) is 0.240. The molecule has 4 nitrogen and oxygen atoms in total. The molecule has 4 heteroatoms. The van der Waals surface area contributed by atoms with Crippen molar-refractivity contribution < 1.29 is 19.4 Å². The average molecular weight is 390 g/mol. The second kappa shape index (κ2) is 9.28. The van der Waals surface area contributed by atoms with Crippen molar-refractivity contribution in [3.8, 4) is 22.6 Å². The van der Waals surface area contributed by atoms with Gasteiger partial charge in [-0.05, 0) is 54.3 Å². The molecule has 3 aromatic rings. The van der Waals surface area contributed by atoms with Gasteiger partial charge in [-0.2, -0.15) is 0 Å². The van der Waals surface area contributed by atoms with Crippen LogP contribution in [0.3, 0.4) is 0 Å². The lowest BCUT2D eigenvalue weighted by Crippen LogP contribution is -2.40. The molecule has 29 heavy (non-hydrogen) atoms. The minimum atomic E-state index is -1.23. The summed E-state index contributed by atoms with van der Waals surface area (Å²) in [7, 11) is 0. The highest BCUT2D eigenvalue weighted by atomic mass is 16.5. The molecule has 0 radical (unpaired) electrons. The number of hydrogen-bond acceptors (Lipinski definition) is 3. The Bertz CT molecular complexity index is 917. The Morgan fingerprint density at radius 3 is 2.03 bits per heavy atom. The summed E-state index contributed by atoms with van der Waals surface area (Å²) in [6.45, 7) is 3.92. The maximum absolute atomic E-state index is 11.4. The monoisotopic (exact) mass is 390 g/mol. The maximum Gasteiger partial charge on any atom is 0.347 e. The van der Waals surface area contributed by atoms with E-state index in [0.717, 1.165) is 12.2 Å². The zero-order valence-electron chi connectivity index (χ0n) is 16.8. The van der Waals surface area contributed by atoms with Crippen LogP contribution in [0, 0.1) is 0 Å². The largest absolute Gasteiger partial charge is 0.493 e. The van der Waals surface area contributed by atoms with Crippen molar-refractivity contribution in [3.05, 3.63) is 84.4 Å². The van der Waals surface area contributed by atoms with Gasteiger partial charge in [0.25, 0.3) is 0 Å². The molecule has 3 rings (SSSR count). The standard InChI is InChI=1S/C25H26O4/c1-3-25(2,24(26)27)29-23-15-13-22(14-16-23)28-18-17-19-9-11-21(12-10-19)20-7-5-4-6-8-20/h4-16H,3,17-18H2,1-2H3,(H,26,27). The summed E-state index contributed by atoms with van der Waals surface area (Å²) in [6.07, 6.45) is 1.18. The van der Waals surface area contributed by atoms with Gasteiger partial charge in [-0.15, -0.1) is 0 Å². The Morgan fingerprint density at radius 1 is 0.862 bits per heavy atom. The van der Waals surface area contributed by atoms with Gasteiger partial charge in [-0.1, -0.05) is 61.5 Å². The van der Waals surface area contributed by atoms with Crippen LogP contribution in [-0.4, -0.2) is 23.3 Å². The molecule has 0 fully saturated rings. The van der Waals surface area contributed by atoms with Crippen molar-refractivity contribution in [3.63, 3.8) is 0 Å². The van der Waals surface area contributed by atoms with Crippen molar-refractivity contribution in [2.24, 2.45) is 0 Å². The molecule has 0 aliphatic rings. The van der Waals surface area contributed by atoms with Crippen LogP contribution in [0.25, 0.3) is 11.1 Å². The average Bonchev–Trinajstić information content (AvgIpc) is 2.76. The van der Waals surface area contributed by atoms with E-state index < -0.39 is 11.6 Å². The van der Waals surface area contributed by atoms with E-state index in [2.05, 4.69) is 36.4 Å². The molecule has 3 aromatic carbocycles. The van der Waals surface area contributed by atoms with E-state index in [1.54, 1.807) is 38.1 Å². The van der Waals surface area contributed by atoms with Crippen molar-refractivity contribution in [2.75, 3.05) is 6.61 Å². The molecule has 0 amide bonds. The number of aliphatic carboxylic acids is 1. The fourth-order valence-electron chi connectivity index (χ4n) is 2.91. The van der Waals surface area contributed by atoms with Crippen LogP contribution in [0.5, 0.6) is 11.5 Å². The van der Waals surface area contributed by atoms with Crippen LogP contribution in [0.1, 0.15) is 25.8 Å². The highest BCUT2D eigenvalue weighted by Crippen LogP contribution is 2.24. The smallest absolute Gasteiger partial charge is 0.347 e. The molecule has 1 N–H and O–H groups in total. The van der Waals surface area contributed by atoms with E-state index in [9.17, 15) is 9.90 Å². The van der Waals surface area contributed by atoms with Gasteiger partial charge < -0.3 is 14.6 Å². The van der Waals surface area contributed by atoms with Crippen LogP contribution in [0.15, 0.2) is 78.9 Å². The molecule has 0 aliphatic carbocycles. The van der Waals surface area contributed by atoms with E-state index in [0.29, 0.717) is 18.8 Å². The number of carbonyl (C=O) groups is 1. The lowest BCUT2D eigenvalue weighted by molar-refractivity contribution is -0.154. The van der Waals surface area contributed by atoms with Crippen LogP contribution in [-0.2, 0) is 11.2 Å². The SMILES string of the molecule is CCC(C)(Oc1ccc(OCCc2ccc(-c3ccccc3)cc2)cc1)C(=O)O. The molecule has 1 unspecified atom stereocenters. The molecule has 150 valence electrons. The van der Waals surface area contributed by atoms with E-state index in [1.807, 2.05) is 18.2 Å². The number of rotatable bonds is 9. The Kier molecular flexibility index (Phi) is 6.55. The third-order valence-corrected chi connectivity index (χ3v) is 5.01. The van der Waals surface area contributed by atoms with E-state index >= 15 is 0 Å². The number of ether oxygens (including phenoxy) is 2. The Balaban J connectivity index is 1.51. The molecular weight excluding hydrogens is 364 g/mol. The molecule has 0 aliphatic heterocycles. The Morgan fingerprint density at radius 2 is 1.45 bits per heavy atom. The summed E-state index contributed by atoms with van der Waals surface area (Å²) < 4.78 is 11.4. The van der Waals surface area contributed by atoms with Crippen LogP contribution >= 0.6 is 0 Å². The molecule has 0 heterocycles. The predicted octanol–water partition coefficient (Wildman–Crippen LogP) is 5.61. The zero-order chi connectivity index (χ0) is 20.7. The molecule has 0 spiro atoms. The third-order valence-electron chi connectivity index (χ3n) is 5.01. The lowest BCUT2D eigenvalue weighted by atomic mass is 10.0. The Hall–Kier alpha value is -3.27. The van der Waals surface area contributed by atoms with Crippen LogP contribution < -0.4 is 9.47 Å². The topological polar surface area (TPSA) is 55.8 Å². The highest BCUT2D eigenvalue weighted by molar-refractivity contribution is 5.77. The van der Waals surface area contributed by atoms with Crippen LogP contribution in [0.2, 0.25) is 0 Å². The highest BCUT2D eigenvalue weighted by Gasteiger charge is 2.33. The summed E-state index contributed by atoms with van der Waals surface area (Å²) in [4.78, 5) is 11.4. The number of carboxylic acids is 1. The minimum absolute atomic E-state index is 0.379. The molecule has 0 saturated heterocycles. The van der Waals surface area contributed by atoms with Gasteiger partial charge in [-0.25, -0.2) is 4.79 Å². The quantitative estimate of drug-likeness (QED) is 0.516. The van der Waals surface area contributed by atoms with Crippen molar-refractivity contribution in [1.29, 1.82) is 0 Å². The normalized spacial score (nSPS) is 12.8. The lowest BCUT2D eigenvalue weighted by Gasteiger charge is -2.24. The summed E-state index contributed by atoms with van der Waals surface area (Å²) in [5, 5.41) is 9.30. The van der Waals surface area contributed by atoms with Gasteiger partial charge in [0.2, 0.25) is 5.60 Å². The zero-order valence-corrected chi connectivity index (χ0v) is 16.8. The number of carboxylic acid groups (broad SMARTS) is 1. The first-order chi connectivity index (χ1) is 14.0. The van der Waals surface area contributed by atoms with Gasteiger partial charge in [0.1, 0.15) is 11.5 Å². The van der Waals surface area contributed by atoms with Crippen LogP contribution in [0.4, 0.5) is 0 Å². The third kappa shape index (κ3) is 5.38. The summed E-state index contributed by atoms with van der Waals surface area (Å²) >= 11 is 0. The first-order valence-electron chi connectivity index (χ1n) is 9.80. The first-order valence-corrected chi connectivity index (χ1v) is 9.80. The maximum atomic E-state index is 11.4. The fourth-order valence-corrected chi connectivity index (χ4v) is 2.91. The summed E-state index contributed by atoms with van der Waals surface area (Å²) in [6, 6.07) is 25.9. The van der Waals surface area contributed by atoms with Gasteiger partial charge >= 0.3 is 5.97 Å². The first kappa shape index (κ1) is 20.5. The molecule has 0 aromatic heterocycles. The van der Waals surface area contributed by atoms with Gasteiger partial charge in [0.05, 0.1) is 6.61 Å². The predicted molar refractivity (Wildman–Crippen MR) is 114 cm³/mol. The van der Waals surface area contributed by atoms with Gasteiger partial charge in [0.15, 0.2) is 0 Å². The molecule has 0 saturated carbocycles. The van der Waals surface area contributed by atoms with Gasteiger partial charge in [0, 0.05) is 6.42 Å². The van der Waals surface area contributed by atoms with Crippen molar-refractivity contribution >= 4 is 5.97 Å². The number of benzene rings is 3. The van der Waals surface area contributed by atoms with E-state index in [-0.39, 0.29) is 0 Å². The molecular formula is C25H26O4. The van der Waals surface area contributed by atoms with Crippen molar-refractivity contribution in [2.45, 2.75) is 32.3 Å². The summed E-state index contributed by atoms with van der Waals surface area (Å²) in [5.74, 6) is 0.269. The molecule has 1 atom stereocenters. The van der Waals surface area contributed by atoms with Gasteiger partial charge in [-0.3, -0.25) is 0 Å². The second-order valence-corrected chi connectivity index (χ2v) is 7.12. The summed E-state index contributed by atoms with van der Waals surface area (Å²) in [5.41, 5.74) is 2.39. The van der Waals surface area contributed by atoms with E-state index in [1.165, 1.54) is 16.7 Å². The van der Waals surface area contributed by atoms with E-state index in [4.69, 9.17) is 9.47 Å². The number of hydrogen-bond donors (Lipinski definition) is 1. The second-order valence-electron chi connectivity index (χ2n) is 7.12. The molecule has 0 bridgehead atoms. The Labute approximate surface area is 171 Å². The minimum Gasteiger partial charge on any atom is -0.493 e. The van der Waals surface area contributed by atoms with Crippen molar-refractivity contribution in [1.82, 2.24) is 0 Å².